The third-order valence-corrected chi connectivity index (χ3v) is 3.82. The first-order valence-corrected chi connectivity index (χ1v) is 6.56. The fourth-order valence-electron chi connectivity index (χ4n) is 1.78. The molecule has 0 saturated heterocycles. The van der Waals surface area contributed by atoms with Crippen LogP contribution in [0.5, 0.6) is 0 Å². The van der Waals surface area contributed by atoms with Crippen molar-refractivity contribution in [1.29, 1.82) is 0 Å². The maximum Gasteiger partial charge on any atom is 0.0751 e. The van der Waals surface area contributed by atoms with E-state index < -0.39 is 0 Å². The van der Waals surface area contributed by atoms with Gasteiger partial charge in [-0.2, -0.15) is 0 Å². The molecule has 0 spiro atoms. The van der Waals surface area contributed by atoms with Gasteiger partial charge in [-0.25, -0.2) is 0 Å². The van der Waals surface area contributed by atoms with Gasteiger partial charge >= 0.3 is 0 Å². The van der Waals surface area contributed by atoms with E-state index in [9.17, 15) is 0 Å². The number of nitrogens with one attached hydrogen (secondary N) is 1. The van der Waals surface area contributed by atoms with E-state index in [1.54, 1.807) is 7.11 Å². The normalized spacial score (nSPS) is 14.7. The molecule has 0 aliphatic carbocycles. The number of para-hydroxylation sites is 1. The Balaban J connectivity index is 2.97. The number of halogens is 1. The van der Waals surface area contributed by atoms with Gasteiger partial charge in [-0.1, -0.05) is 26.0 Å². The summed E-state index contributed by atoms with van der Waals surface area (Å²) >= 11 is 3.53. The van der Waals surface area contributed by atoms with Crippen molar-refractivity contribution in [2.45, 2.75) is 19.4 Å². The molecular weight excluding hydrogens is 280 g/mol. The number of ether oxygens (including phenoxy) is 1. The molecule has 1 unspecified atom stereocenters. The van der Waals surface area contributed by atoms with Crippen molar-refractivity contribution >= 4 is 21.6 Å². The van der Waals surface area contributed by atoms with E-state index in [-0.39, 0.29) is 5.54 Å². The first kappa shape index (κ1) is 14.5. The Hall–Kier alpha value is -0.580. The molecule has 17 heavy (non-hydrogen) atoms. The van der Waals surface area contributed by atoms with Crippen LogP contribution >= 0.6 is 15.9 Å². The summed E-state index contributed by atoms with van der Waals surface area (Å²) in [6.45, 7) is 5.41. The zero-order valence-electron chi connectivity index (χ0n) is 10.7. The zero-order valence-corrected chi connectivity index (χ0v) is 12.3. The third-order valence-electron chi connectivity index (χ3n) is 3.13. The van der Waals surface area contributed by atoms with Crippen LogP contribution in [0.15, 0.2) is 28.7 Å². The minimum absolute atomic E-state index is 0.237. The Morgan fingerprint density at radius 1 is 1.41 bits per heavy atom. The van der Waals surface area contributed by atoms with Crippen LogP contribution in [0, 0.1) is 5.92 Å². The van der Waals surface area contributed by atoms with Crippen molar-refractivity contribution in [2.24, 2.45) is 11.7 Å². The van der Waals surface area contributed by atoms with Crippen molar-refractivity contribution in [3.05, 3.63) is 28.7 Å². The number of hydrogen-bond acceptors (Lipinski definition) is 3. The van der Waals surface area contributed by atoms with Crippen LogP contribution in [0.2, 0.25) is 0 Å². The largest absolute Gasteiger partial charge is 0.382 e. The van der Waals surface area contributed by atoms with Crippen LogP contribution in [-0.4, -0.2) is 25.8 Å². The summed E-state index contributed by atoms with van der Waals surface area (Å²) in [6, 6.07) is 8.04. The molecule has 1 aromatic carbocycles. The Bertz CT molecular complexity index is 357. The maximum atomic E-state index is 5.93. The van der Waals surface area contributed by atoms with E-state index in [1.165, 1.54) is 0 Å². The van der Waals surface area contributed by atoms with Gasteiger partial charge in [0.25, 0.3) is 0 Å². The number of hydrogen-bond donors (Lipinski definition) is 2. The third kappa shape index (κ3) is 3.44. The Morgan fingerprint density at radius 3 is 2.53 bits per heavy atom. The topological polar surface area (TPSA) is 47.3 Å². The van der Waals surface area contributed by atoms with Crippen LogP contribution < -0.4 is 11.1 Å². The molecule has 1 aromatic rings. The van der Waals surface area contributed by atoms with Gasteiger partial charge in [-0.3, -0.25) is 0 Å². The maximum absolute atomic E-state index is 5.93. The van der Waals surface area contributed by atoms with E-state index >= 15 is 0 Å². The highest BCUT2D eigenvalue weighted by Crippen LogP contribution is 2.28. The fraction of sp³-hybridized carbons (Fsp3) is 0.538. The monoisotopic (exact) mass is 300 g/mol. The standard InChI is InChI=1S/C13H21BrN2O/c1-10(2)13(8-15,9-17-3)16-12-7-5-4-6-11(12)14/h4-7,10,16H,8-9,15H2,1-3H3. The molecule has 0 aliphatic rings. The fourth-order valence-corrected chi connectivity index (χ4v) is 2.16. The second-order valence-corrected chi connectivity index (χ2v) is 5.41. The number of benzene rings is 1. The summed E-state index contributed by atoms with van der Waals surface area (Å²) < 4.78 is 6.35. The van der Waals surface area contributed by atoms with Gasteiger partial charge < -0.3 is 15.8 Å². The average Bonchev–Trinajstić information content (AvgIpc) is 2.31. The molecule has 4 heteroatoms. The lowest BCUT2D eigenvalue weighted by atomic mass is 9.86. The first-order chi connectivity index (χ1) is 8.05. The lowest BCUT2D eigenvalue weighted by molar-refractivity contribution is 0.121. The molecule has 0 fully saturated rings. The van der Waals surface area contributed by atoms with E-state index in [0.29, 0.717) is 19.1 Å². The van der Waals surface area contributed by atoms with Gasteiger partial charge in [-0.05, 0) is 34.0 Å². The predicted octanol–water partition coefficient (Wildman–Crippen LogP) is 2.86. The molecule has 3 nitrogen and oxygen atoms in total. The smallest absolute Gasteiger partial charge is 0.0751 e. The summed E-state index contributed by atoms with van der Waals surface area (Å²) in [5.41, 5.74) is 6.74. The summed E-state index contributed by atoms with van der Waals surface area (Å²) in [6.07, 6.45) is 0. The quantitative estimate of drug-likeness (QED) is 0.849. The van der Waals surface area contributed by atoms with Gasteiger partial charge in [0.2, 0.25) is 0 Å². The van der Waals surface area contributed by atoms with Gasteiger partial charge in [0, 0.05) is 23.8 Å². The summed E-state index contributed by atoms with van der Waals surface area (Å²) in [5.74, 6) is 0.375. The predicted molar refractivity (Wildman–Crippen MR) is 76.3 cm³/mol. The van der Waals surface area contributed by atoms with Crippen LogP contribution in [0.1, 0.15) is 13.8 Å². The van der Waals surface area contributed by atoms with Crippen LogP contribution in [0.4, 0.5) is 5.69 Å². The number of methoxy groups -OCH3 is 1. The Kier molecular flexibility index (Phi) is 5.43. The average molecular weight is 301 g/mol. The van der Waals surface area contributed by atoms with Crippen LogP contribution in [0.3, 0.4) is 0 Å². The lowest BCUT2D eigenvalue weighted by Gasteiger charge is -2.38. The van der Waals surface area contributed by atoms with Crippen LogP contribution in [0.25, 0.3) is 0 Å². The minimum Gasteiger partial charge on any atom is -0.382 e. The summed E-state index contributed by atoms with van der Waals surface area (Å²) in [7, 11) is 1.70. The SMILES string of the molecule is COCC(CN)(Nc1ccccc1Br)C(C)C. The highest BCUT2D eigenvalue weighted by Gasteiger charge is 2.32. The molecule has 96 valence electrons. The number of nitrogens with two attached hydrogens (primary N) is 1. The van der Waals surface area contributed by atoms with Gasteiger partial charge in [-0.15, -0.1) is 0 Å². The molecule has 1 atom stereocenters. The summed E-state index contributed by atoms with van der Waals surface area (Å²) in [5, 5.41) is 3.51. The van der Waals surface area contributed by atoms with Crippen molar-refractivity contribution in [1.82, 2.24) is 0 Å². The summed E-state index contributed by atoms with van der Waals surface area (Å²) in [4.78, 5) is 0. The molecule has 0 bridgehead atoms. The molecule has 0 radical (unpaired) electrons. The van der Waals surface area contributed by atoms with Crippen molar-refractivity contribution < 1.29 is 4.74 Å². The van der Waals surface area contributed by atoms with Crippen molar-refractivity contribution in [2.75, 3.05) is 25.6 Å². The van der Waals surface area contributed by atoms with E-state index in [0.717, 1.165) is 10.2 Å². The Labute approximate surface area is 112 Å². The molecule has 3 N–H and O–H groups in total. The molecular formula is C13H21BrN2O. The molecule has 0 aromatic heterocycles. The second-order valence-electron chi connectivity index (χ2n) is 4.55. The second kappa shape index (κ2) is 6.38. The van der Waals surface area contributed by atoms with Gasteiger partial charge in [0.15, 0.2) is 0 Å². The van der Waals surface area contributed by atoms with E-state index in [2.05, 4.69) is 35.1 Å². The molecule has 0 aliphatic heterocycles. The number of anilines is 1. The number of rotatable bonds is 6. The lowest BCUT2D eigenvalue weighted by Crippen LogP contribution is -2.53. The molecule has 0 amide bonds. The first-order valence-electron chi connectivity index (χ1n) is 5.77. The van der Waals surface area contributed by atoms with Crippen molar-refractivity contribution in [3.63, 3.8) is 0 Å². The van der Waals surface area contributed by atoms with E-state index in [1.807, 2.05) is 24.3 Å². The minimum atomic E-state index is -0.237. The molecule has 1 rings (SSSR count). The highest BCUT2D eigenvalue weighted by molar-refractivity contribution is 9.10. The Morgan fingerprint density at radius 2 is 2.06 bits per heavy atom. The van der Waals surface area contributed by atoms with Gasteiger partial charge in [0.05, 0.1) is 12.1 Å². The van der Waals surface area contributed by atoms with Gasteiger partial charge in [0.1, 0.15) is 0 Å². The van der Waals surface area contributed by atoms with Crippen LogP contribution in [-0.2, 0) is 4.74 Å². The zero-order chi connectivity index (χ0) is 12.9. The molecule has 0 heterocycles. The van der Waals surface area contributed by atoms with Crippen molar-refractivity contribution in [3.8, 4) is 0 Å². The molecule has 0 saturated carbocycles. The highest BCUT2D eigenvalue weighted by atomic mass is 79.9. The van der Waals surface area contributed by atoms with E-state index in [4.69, 9.17) is 10.5 Å².